The summed E-state index contributed by atoms with van der Waals surface area (Å²) in [7, 11) is 0. The molecule has 0 bridgehead atoms. The molecule has 0 aliphatic carbocycles. The summed E-state index contributed by atoms with van der Waals surface area (Å²) in [6, 6.07) is 10.8. The number of nitrogens with one attached hydrogen (secondary N) is 1. The highest BCUT2D eigenvalue weighted by Gasteiger charge is 2.37. The van der Waals surface area contributed by atoms with Gasteiger partial charge in [0.05, 0.1) is 10.7 Å². The van der Waals surface area contributed by atoms with Crippen molar-refractivity contribution in [1.82, 2.24) is 10.3 Å². The SMILES string of the molecule is Cc1nc(CC2(Cc3ccccc3)CNC2)sc1C. The molecule has 1 aromatic heterocycles. The Morgan fingerprint density at radius 2 is 1.89 bits per heavy atom. The van der Waals surface area contributed by atoms with E-state index in [-0.39, 0.29) is 0 Å². The molecular weight excluding hydrogens is 252 g/mol. The van der Waals surface area contributed by atoms with Crippen molar-refractivity contribution in [3.05, 3.63) is 51.5 Å². The maximum Gasteiger partial charge on any atom is 0.0937 e. The zero-order chi connectivity index (χ0) is 13.3. The first kappa shape index (κ1) is 12.8. The minimum absolute atomic E-state index is 0.373. The number of rotatable bonds is 4. The maximum atomic E-state index is 4.71. The predicted molar refractivity (Wildman–Crippen MR) is 80.7 cm³/mol. The van der Waals surface area contributed by atoms with Crippen molar-refractivity contribution in [3.63, 3.8) is 0 Å². The Labute approximate surface area is 118 Å². The van der Waals surface area contributed by atoms with Crippen molar-refractivity contribution < 1.29 is 0 Å². The molecule has 3 heteroatoms. The van der Waals surface area contributed by atoms with Crippen LogP contribution in [0.3, 0.4) is 0 Å². The molecule has 1 aliphatic rings. The van der Waals surface area contributed by atoms with Gasteiger partial charge in [0.2, 0.25) is 0 Å². The van der Waals surface area contributed by atoms with E-state index in [1.807, 2.05) is 11.3 Å². The molecule has 0 amide bonds. The third kappa shape index (κ3) is 2.72. The summed E-state index contributed by atoms with van der Waals surface area (Å²) in [6.07, 6.45) is 2.26. The zero-order valence-electron chi connectivity index (χ0n) is 11.6. The van der Waals surface area contributed by atoms with Gasteiger partial charge in [-0.1, -0.05) is 30.3 Å². The number of aryl methyl sites for hydroxylation is 2. The first-order valence-electron chi connectivity index (χ1n) is 6.84. The van der Waals surface area contributed by atoms with E-state index in [1.54, 1.807) is 0 Å². The van der Waals surface area contributed by atoms with Crippen molar-refractivity contribution in [2.45, 2.75) is 26.7 Å². The molecule has 19 heavy (non-hydrogen) atoms. The van der Waals surface area contributed by atoms with Gasteiger partial charge in [-0.2, -0.15) is 0 Å². The second-order valence-corrected chi connectivity index (χ2v) is 6.98. The summed E-state index contributed by atoms with van der Waals surface area (Å²) in [5, 5.41) is 4.74. The molecule has 0 atom stereocenters. The molecule has 0 radical (unpaired) electrons. The molecule has 1 N–H and O–H groups in total. The lowest BCUT2D eigenvalue weighted by atomic mass is 9.74. The maximum absolute atomic E-state index is 4.71. The van der Waals surface area contributed by atoms with Crippen molar-refractivity contribution in [3.8, 4) is 0 Å². The molecule has 1 aliphatic heterocycles. The molecule has 1 saturated heterocycles. The third-order valence-electron chi connectivity index (χ3n) is 4.02. The van der Waals surface area contributed by atoms with Crippen molar-refractivity contribution in [2.75, 3.05) is 13.1 Å². The van der Waals surface area contributed by atoms with E-state index in [1.165, 1.54) is 21.1 Å². The number of nitrogens with zero attached hydrogens (tertiary/aromatic N) is 1. The van der Waals surface area contributed by atoms with Gasteiger partial charge in [0, 0.05) is 29.8 Å². The van der Waals surface area contributed by atoms with E-state index in [9.17, 15) is 0 Å². The molecule has 2 nitrogen and oxygen atoms in total. The summed E-state index contributed by atoms with van der Waals surface area (Å²) >= 11 is 1.86. The predicted octanol–water partition coefficient (Wildman–Crippen LogP) is 3.13. The molecule has 0 unspecified atom stereocenters. The smallest absolute Gasteiger partial charge is 0.0937 e. The van der Waals surface area contributed by atoms with Crippen LogP contribution in [0.15, 0.2) is 30.3 Å². The number of thiazole rings is 1. The third-order valence-corrected chi connectivity index (χ3v) is 5.09. The van der Waals surface area contributed by atoms with Crippen LogP contribution < -0.4 is 5.32 Å². The monoisotopic (exact) mass is 272 g/mol. The van der Waals surface area contributed by atoms with Gasteiger partial charge in [-0.25, -0.2) is 4.98 Å². The highest BCUT2D eigenvalue weighted by atomic mass is 32.1. The average molecular weight is 272 g/mol. The number of aromatic nitrogens is 1. The first-order valence-corrected chi connectivity index (χ1v) is 7.66. The molecule has 1 fully saturated rings. The van der Waals surface area contributed by atoms with Crippen LogP contribution in [0, 0.1) is 19.3 Å². The van der Waals surface area contributed by atoms with Crippen LogP contribution >= 0.6 is 11.3 Å². The van der Waals surface area contributed by atoms with Crippen molar-refractivity contribution in [2.24, 2.45) is 5.41 Å². The Kier molecular flexibility index (Phi) is 3.42. The van der Waals surface area contributed by atoms with Crippen molar-refractivity contribution >= 4 is 11.3 Å². The van der Waals surface area contributed by atoms with Crippen LogP contribution in [-0.4, -0.2) is 18.1 Å². The lowest BCUT2D eigenvalue weighted by Crippen LogP contribution is -2.56. The Balaban J connectivity index is 1.76. The van der Waals surface area contributed by atoms with Gasteiger partial charge < -0.3 is 5.32 Å². The lowest BCUT2D eigenvalue weighted by Gasteiger charge is -2.42. The van der Waals surface area contributed by atoms with E-state index < -0.39 is 0 Å². The quantitative estimate of drug-likeness (QED) is 0.925. The van der Waals surface area contributed by atoms with Crippen LogP contribution in [0.5, 0.6) is 0 Å². The van der Waals surface area contributed by atoms with E-state index in [0.717, 1.165) is 25.9 Å². The van der Waals surface area contributed by atoms with Gasteiger partial charge in [-0.05, 0) is 25.8 Å². The molecule has 3 rings (SSSR count). The molecule has 2 aromatic rings. The summed E-state index contributed by atoms with van der Waals surface area (Å²) < 4.78 is 0. The molecule has 2 heterocycles. The van der Waals surface area contributed by atoms with Crippen LogP contribution in [0.4, 0.5) is 0 Å². The highest BCUT2D eigenvalue weighted by molar-refractivity contribution is 7.11. The Morgan fingerprint density at radius 3 is 2.42 bits per heavy atom. The second kappa shape index (κ2) is 5.06. The summed E-state index contributed by atoms with van der Waals surface area (Å²) in [5.74, 6) is 0. The number of hydrogen-bond donors (Lipinski definition) is 1. The molecule has 100 valence electrons. The number of benzene rings is 1. The van der Waals surface area contributed by atoms with Gasteiger partial charge in [-0.15, -0.1) is 11.3 Å². The Morgan fingerprint density at radius 1 is 1.16 bits per heavy atom. The second-order valence-electron chi connectivity index (χ2n) is 5.69. The minimum atomic E-state index is 0.373. The van der Waals surface area contributed by atoms with Gasteiger partial charge >= 0.3 is 0 Å². The van der Waals surface area contributed by atoms with Crippen LogP contribution in [0.2, 0.25) is 0 Å². The Bertz CT molecular complexity index is 536. The van der Waals surface area contributed by atoms with Crippen molar-refractivity contribution in [1.29, 1.82) is 0 Å². The highest BCUT2D eigenvalue weighted by Crippen LogP contribution is 2.33. The Hall–Kier alpha value is -1.19. The van der Waals surface area contributed by atoms with Crippen LogP contribution in [-0.2, 0) is 12.8 Å². The fourth-order valence-corrected chi connectivity index (χ4v) is 3.86. The normalized spacial score (nSPS) is 17.2. The molecule has 1 aromatic carbocycles. The van der Waals surface area contributed by atoms with Crippen LogP contribution in [0.25, 0.3) is 0 Å². The minimum Gasteiger partial charge on any atom is -0.315 e. The fraction of sp³-hybridized carbons (Fsp3) is 0.438. The summed E-state index contributed by atoms with van der Waals surface area (Å²) in [6.45, 7) is 6.50. The topological polar surface area (TPSA) is 24.9 Å². The zero-order valence-corrected chi connectivity index (χ0v) is 12.4. The van der Waals surface area contributed by atoms with Gasteiger partial charge in [0.25, 0.3) is 0 Å². The summed E-state index contributed by atoms with van der Waals surface area (Å²) in [4.78, 5) is 6.07. The number of hydrogen-bond acceptors (Lipinski definition) is 3. The molecule has 0 spiro atoms. The van der Waals surface area contributed by atoms with Crippen LogP contribution in [0.1, 0.15) is 21.1 Å². The summed E-state index contributed by atoms with van der Waals surface area (Å²) in [5.41, 5.74) is 3.01. The largest absolute Gasteiger partial charge is 0.315 e. The van der Waals surface area contributed by atoms with Gasteiger partial charge in [0.1, 0.15) is 0 Å². The van der Waals surface area contributed by atoms with E-state index in [0.29, 0.717) is 5.41 Å². The van der Waals surface area contributed by atoms with Gasteiger partial charge in [-0.3, -0.25) is 0 Å². The average Bonchev–Trinajstić information content (AvgIpc) is 2.67. The molecule has 0 saturated carbocycles. The van der Waals surface area contributed by atoms with Gasteiger partial charge in [0.15, 0.2) is 0 Å². The lowest BCUT2D eigenvalue weighted by molar-refractivity contribution is 0.166. The standard InChI is InChI=1S/C16H20N2S/c1-12-13(2)19-15(18-12)9-16(10-17-11-16)8-14-6-4-3-5-7-14/h3-7,17H,8-11H2,1-2H3. The first-order chi connectivity index (χ1) is 9.17. The molecular formula is C16H20N2S. The van der Waals surface area contributed by atoms with E-state index in [4.69, 9.17) is 4.98 Å². The van der Waals surface area contributed by atoms with E-state index in [2.05, 4.69) is 49.5 Å². The van der Waals surface area contributed by atoms with E-state index >= 15 is 0 Å². The fourth-order valence-electron chi connectivity index (χ4n) is 2.76.